The van der Waals surface area contributed by atoms with E-state index in [0.717, 1.165) is 22.9 Å². The van der Waals surface area contributed by atoms with Gasteiger partial charge in [-0.1, -0.05) is 26.0 Å². The molecule has 1 aromatic carbocycles. The van der Waals surface area contributed by atoms with E-state index in [2.05, 4.69) is 55.8 Å². The van der Waals surface area contributed by atoms with E-state index in [1.54, 1.807) is 18.0 Å². The zero-order chi connectivity index (χ0) is 13.7. The molecular formula is C16H21NOS. The minimum Gasteiger partial charge on any atom is -0.466 e. The Labute approximate surface area is 119 Å². The van der Waals surface area contributed by atoms with Crippen LogP contribution in [0.5, 0.6) is 0 Å². The molecule has 2 aromatic rings. The van der Waals surface area contributed by atoms with Gasteiger partial charge in [0.1, 0.15) is 12.0 Å². The third-order valence-electron chi connectivity index (χ3n) is 3.32. The number of rotatable bonds is 6. The summed E-state index contributed by atoms with van der Waals surface area (Å²) in [7, 11) is 0. The topological polar surface area (TPSA) is 25.2 Å². The van der Waals surface area contributed by atoms with Gasteiger partial charge in [-0.25, -0.2) is 0 Å². The minimum absolute atomic E-state index is 0.621. The molecule has 1 aromatic heterocycles. The molecule has 2 nitrogen and oxygen atoms in total. The van der Waals surface area contributed by atoms with Crippen LogP contribution in [-0.2, 0) is 5.75 Å². The Kier molecular flexibility index (Phi) is 4.97. The molecule has 0 aliphatic heterocycles. The molecule has 1 N–H and O–H groups in total. The highest BCUT2D eigenvalue weighted by Gasteiger charge is 2.04. The zero-order valence-electron chi connectivity index (χ0n) is 11.8. The Morgan fingerprint density at radius 3 is 2.58 bits per heavy atom. The largest absolute Gasteiger partial charge is 0.466 e. The molecule has 0 spiro atoms. The van der Waals surface area contributed by atoms with Crippen molar-refractivity contribution in [1.82, 2.24) is 0 Å². The van der Waals surface area contributed by atoms with E-state index in [1.165, 1.54) is 12.0 Å². The van der Waals surface area contributed by atoms with Gasteiger partial charge in [0.05, 0.1) is 11.4 Å². The maximum Gasteiger partial charge on any atom is 0.115 e. The summed E-state index contributed by atoms with van der Waals surface area (Å²) in [6, 6.07) is 10.7. The van der Waals surface area contributed by atoms with Crippen molar-refractivity contribution in [2.75, 3.05) is 11.6 Å². The fourth-order valence-electron chi connectivity index (χ4n) is 1.96. The van der Waals surface area contributed by atoms with Crippen LogP contribution >= 0.6 is 11.8 Å². The summed E-state index contributed by atoms with van der Waals surface area (Å²) in [6.07, 6.45) is 5.02. The second-order valence-electron chi connectivity index (χ2n) is 4.79. The van der Waals surface area contributed by atoms with Gasteiger partial charge in [-0.2, -0.15) is 11.8 Å². The second kappa shape index (κ2) is 6.71. The van der Waals surface area contributed by atoms with Crippen LogP contribution in [-0.4, -0.2) is 6.26 Å². The van der Waals surface area contributed by atoms with Crippen LogP contribution in [0.4, 0.5) is 11.4 Å². The highest BCUT2D eigenvalue weighted by atomic mass is 32.2. The van der Waals surface area contributed by atoms with Crippen LogP contribution in [0.2, 0.25) is 0 Å². The van der Waals surface area contributed by atoms with Gasteiger partial charge in [0, 0.05) is 11.8 Å². The van der Waals surface area contributed by atoms with Gasteiger partial charge in [0.25, 0.3) is 0 Å². The van der Waals surface area contributed by atoms with Crippen LogP contribution in [0.25, 0.3) is 0 Å². The standard InChI is InChI=1S/C16H21NOS/c1-4-12(2)13-5-7-14(8-6-13)17-15-9-16(11-19-3)18-10-15/h5-10,12,17H,4,11H2,1-3H3. The first kappa shape index (κ1) is 14.1. The lowest BCUT2D eigenvalue weighted by Gasteiger charge is -2.10. The molecule has 0 aliphatic carbocycles. The number of thioether (sulfide) groups is 1. The smallest absolute Gasteiger partial charge is 0.115 e. The molecule has 1 atom stereocenters. The Morgan fingerprint density at radius 1 is 1.21 bits per heavy atom. The zero-order valence-corrected chi connectivity index (χ0v) is 12.6. The van der Waals surface area contributed by atoms with Crippen molar-refractivity contribution >= 4 is 23.1 Å². The van der Waals surface area contributed by atoms with Crippen LogP contribution < -0.4 is 5.32 Å². The molecule has 1 unspecified atom stereocenters. The molecule has 19 heavy (non-hydrogen) atoms. The molecule has 0 saturated heterocycles. The summed E-state index contributed by atoms with van der Waals surface area (Å²) in [5.41, 5.74) is 3.51. The quantitative estimate of drug-likeness (QED) is 0.764. The molecule has 2 rings (SSSR count). The summed E-state index contributed by atoms with van der Waals surface area (Å²) in [5.74, 6) is 2.54. The normalized spacial score (nSPS) is 12.4. The summed E-state index contributed by atoms with van der Waals surface area (Å²) < 4.78 is 5.47. The Bertz CT molecular complexity index is 504. The lowest BCUT2D eigenvalue weighted by atomic mass is 9.99. The minimum atomic E-state index is 0.621. The number of anilines is 2. The van der Waals surface area contributed by atoms with E-state index in [0.29, 0.717) is 5.92 Å². The molecule has 0 radical (unpaired) electrons. The molecule has 1 heterocycles. The Hall–Kier alpha value is -1.35. The number of hydrogen-bond acceptors (Lipinski definition) is 3. The summed E-state index contributed by atoms with van der Waals surface area (Å²) in [6.45, 7) is 4.47. The monoisotopic (exact) mass is 275 g/mol. The van der Waals surface area contributed by atoms with Crippen molar-refractivity contribution in [3.05, 3.63) is 47.9 Å². The highest BCUT2D eigenvalue weighted by Crippen LogP contribution is 2.24. The first-order chi connectivity index (χ1) is 9.22. The second-order valence-corrected chi connectivity index (χ2v) is 5.66. The molecule has 3 heteroatoms. The van der Waals surface area contributed by atoms with E-state index >= 15 is 0 Å². The molecular weight excluding hydrogens is 254 g/mol. The van der Waals surface area contributed by atoms with Gasteiger partial charge in [0.2, 0.25) is 0 Å². The summed E-state index contributed by atoms with van der Waals surface area (Å²) in [4.78, 5) is 0. The average Bonchev–Trinajstić information content (AvgIpc) is 2.86. The Balaban J connectivity index is 2.02. The van der Waals surface area contributed by atoms with Crippen molar-refractivity contribution in [3.8, 4) is 0 Å². The number of furan rings is 1. The van der Waals surface area contributed by atoms with Crippen molar-refractivity contribution in [2.45, 2.75) is 31.9 Å². The lowest BCUT2D eigenvalue weighted by molar-refractivity contribution is 0.531. The Morgan fingerprint density at radius 2 is 1.95 bits per heavy atom. The van der Waals surface area contributed by atoms with Gasteiger partial charge < -0.3 is 9.73 Å². The van der Waals surface area contributed by atoms with E-state index in [-0.39, 0.29) is 0 Å². The van der Waals surface area contributed by atoms with E-state index in [9.17, 15) is 0 Å². The van der Waals surface area contributed by atoms with Crippen molar-refractivity contribution in [1.29, 1.82) is 0 Å². The maximum absolute atomic E-state index is 5.47. The summed E-state index contributed by atoms with van der Waals surface area (Å²) >= 11 is 1.76. The van der Waals surface area contributed by atoms with Gasteiger partial charge in [-0.15, -0.1) is 0 Å². The molecule has 0 fully saturated rings. The van der Waals surface area contributed by atoms with Gasteiger partial charge >= 0.3 is 0 Å². The van der Waals surface area contributed by atoms with Gasteiger partial charge in [0.15, 0.2) is 0 Å². The third-order valence-corrected chi connectivity index (χ3v) is 3.89. The molecule has 0 bridgehead atoms. The predicted molar refractivity (Wildman–Crippen MR) is 84.4 cm³/mol. The van der Waals surface area contributed by atoms with Crippen molar-refractivity contribution in [3.63, 3.8) is 0 Å². The average molecular weight is 275 g/mol. The number of benzene rings is 1. The fraction of sp³-hybridized carbons (Fsp3) is 0.375. The van der Waals surface area contributed by atoms with Crippen molar-refractivity contribution in [2.24, 2.45) is 0 Å². The first-order valence-electron chi connectivity index (χ1n) is 6.66. The van der Waals surface area contributed by atoms with Gasteiger partial charge in [-0.05, 0) is 36.3 Å². The fourth-order valence-corrected chi connectivity index (χ4v) is 2.40. The predicted octanol–water partition coefficient (Wildman–Crippen LogP) is 5.40. The molecule has 102 valence electrons. The molecule has 0 aliphatic rings. The van der Waals surface area contributed by atoms with Gasteiger partial charge in [-0.3, -0.25) is 0 Å². The van der Waals surface area contributed by atoms with Crippen molar-refractivity contribution < 1.29 is 4.42 Å². The van der Waals surface area contributed by atoms with Crippen LogP contribution in [0.15, 0.2) is 41.0 Å². The van der Waals surface area contributed by atoms with E-state index < -0.39 is 0 Å². The first-order valence-corrected chi connectivity index (χ1v) is 8.05. The molecule has 0 saturated carbocycles. The van der Waals surface area contributed by atoms with E-state index in [4.69, 9.17) is 4.42 Å². The number of nitrogens with one attached hydrogen (secondary N) is 1. The third kappa shape index (κ3) is 3.80. The highest BCUT2D eigenvalue weighted by molar-refractivity contribution is 7.97. The number of hydrogen-bond donors (Lipinski definition) is 1. The van der Waals surface area contributed by atoms with Crippen LogP contribution in [0.3, 0.4) is 0 Å². The SMILES string of the molecule is CCC(C)c1ccc(Nc2coc(CSC)c2)cc1. The van der Waals surface area contributed by atoms with Crippen LogP contribution in [0.1, 0.15) is 37.5 Å². The summed E-state index contributed by atoms with van der Waals surface area (Å²) in [5, 5.41) is 3.36. The maximum atomic E-state index is 5.47. The van der Waals surface area contributed by atoms with E-state index in [1.807, 2.05) is 0 Å². The lowest BCUT2D eigenvalue weighted by Crippen LogP contribution is -1.92. The molecule has 0 amide bonds. The van der Waals surface area contributed by atoms with Crippen LogP contribution in [0, 0.1) is 0 Å².